The van der Waals surface area contributed by atoms with Gasteiger partial charge in [-0.1, -0.05) is 206 Å². The smallest absolute Gasteiger partial charge is 0.187 e. The van der Waals surface area contributed by atoms with Gasteiger partial charge in [0.2, 0.25) is 0 Å². The van der Waals surface area contributed by atoms with Crippen molar-refractivity contribution in [3.8, 4) is 78.7 Å². The van der Waals surface area contributed by atoms with Crippen molar-refractivity contribution in [2.75, 3.05) is 0 Å². The van der Waals surface area contributed by atoms with Crippen LogP contribution in [0.5, 0.6) is 0 Å². The molecule has 0 saturated carbocycles. The molecule has 0 atom stereocenters. The van der Waals surface area contributed by atoms with Crippen LogP contribution < -0.4 is 0 Å². The van der Waals surface area contributed by atoms with Crippen molar-refractivity contribution < 1.29 is 0 Å². The van der Waals surface area contributed by atoms with Gasteiger partial charge in [-0.05, 0) is 89.0 Å². The van der Waals surface area contributed by atoms with Crippen LogP contribution in [0.4, 0.5) is 5.69 Å². The molecular formula is C60H34N4. The van der Waals surface area contributed by atoms with Gasteiger partial charge in [-0.25, -0.2) is 19.8 Å². The molecule has 1 aromatic heterocycles. The third kappa shape index (κ3) is 4.28. The second-order valence-electron chi connectivity index (χ2n) is 17.2. The number of aromatic nitrogens is 3. The first-order valence-electron chi connectivity index (χ1n) is 21.8. The first-order valence-corrected chi connectivity index (χ1v) is 21.8. The lowest BCUT2D eigenvalue weighted by molar-refractivity contribution is 0.793. The van der Waals surface area contributed by atoms with Gasteiger partial charge in [0, 0.05) is 16.7 Å². The normalized spacial score (nSPS) is 14.2. The molecule has 4 nitrogen and oxygen atoms in total. The molecule has 4 aliphatic rings. The molecule has 9 aromatic carbocycles. The first-order chi connectivity index (χ1) is 31.7. The van der Waals surface area contributed by atoms with Gasteiger partial charge < -0.3 is 0 Å². The quantitative estimate of drug-likeness (QED) is 0.167. The number of benzene rings is 9. The Morgan fingerprint density at radius 1 is 0.281 bits per heavy atom. The second-order valence-corrected chi connectivity index (χ2v) is 17.2. The van der Waals surface area contributed by atoms with Crippen molar-refractivity contribution in [1.82, 2.24) is 15.0 Å². The van der Waals surface area contributed by atoms with Crippen LogP contribution in [0.25, 0.3) is 83.5 Å². The van der Waals surface area contributed by atoms with Crippen molar-refractivity contribution in [2.24, 2.45) is 0 Å². The number of fused-ring (bicyclic) bond motifs is 20. The molecule has 1 heterocycles. The van der Waals surface area contributed by atoms with Crippen LogP contribution in [0.2, 0.25) is 0 Å². The first kappa shape index (κ1) is 35.1. The Bertz CT molecular complexity index is 3400. The fourth-order valence-electron chi connectivity index (χ4n) is 12.1. The van der Waals surface area contributed by atoms with Gasteiger partial charge in [-0.3, -0.25) is 0 Å². The minimum Gasteiger partial charge on any atom is -0.238 e. The molecule has 0 aliphatic heterocycles. The van der Waals surface area contributed by atoms with Crippen LogP contribution in [0.3, 0.4) is 0 Å². The van der Waals surface area contributed by atoms with E-state index in [1.807, 2.05) is 24.3 Å². The average Bonchev–Trinajstić information content (AvgIpc) is 4.05. The lowest BCUT2D eigenvalue weighted by Gasteiger charge is -2.30. The Labute approximate surface area is 370 Å². The summed E-state index contributed by atoms with van der Waals surface area (Å²) in [7, 11) is 0. The summed E-state index contributed by atoms with van der Waals surface area (Å²) in [6.07, 6.45) is 0. The van der Waals surface area contributed by atoms with E-state index >= 15 is 0 Å². The van der Waals surface area contributed by atoms with E-state index in [-0.39, 0.29) is 0 Å². The Morgan fingerprint density at radius 3 is 0.953 bits per heavy atom. The fourth-order valence-corrected chi connectivity index (χ4v) is 12.1. The molecule has 0 bridgehead atoms. The second kappa shape index (κ2) is 12.8. The average molecular weight is 811 g/mol. The summed E-state index contributed by atoms with van der Waals surface area (Å²) in [5, 5.41) is 0. The van der Waals surface area contributed by atoms with Crippen LogP contribution in [-0.4, -0.2) is 15.0 Å². The summed E-state index contributed by atoms with van der Waals surface area (Å²) in [5.41, 5.74) is 22.1. The number of nitrogens with zero attached hydrogens (tertiary/aromatic N) is 4. The molecule has 0 fully saturated rings. The van der Waals surface area contributed by atoms with Crippen molar-refractivity contribution in [1.29, 1.82) is 0 Å². The molecule has 4 heteroatoms. The number of hydrogen-bond acceptors (Lipinski definition) is 3. The summed E-state index contributed by atoms with van der Waals surface area (Å²) >= 11 is 0. The Kier molecular flexibility index (Phi) is 7.00. The zero-order chi connectivity index (χ0) is 42.1. The molecular weight excluding hydrogens is 777 g/mol. The summed E-state index contributed by atoms with van der Waals surface area (Å²) < 4.78 is 0. The summed E-state index contributed by atoms with van der Waals surface area (Å²) in [6.45, 7) is 7.68. The lowest BCUT2D eigenvalue weighted by atomic mass is 9.70. The van der Waals surface area contributed by atoms with Crippen LogP contribution >= 0.6 is 0 Å². The van der Waals surface area contributed by atoms with E-state index in [4.69, 9.17) is 21.5 Å². The summed E-state index contributed by atoms with van der Waals surface area (Å²) in [6, 6.07) is 74.3. The van der Waals surface area contributed by atoms with Crippen LogP contribution in [0.15, 0.2) is 206 Å². The zero-order valence-corrected chi connectivity index (χ0v) is 34.4. The van der Waals surface area contributed by atoms with Crippen molar-refractivity contribution in [3.05, 3.63) is 262 Å². The van der Waals surface area contributed by atoms with E-state index in [1.54, 1.807) is 0 Å². The highest BCUT2D eigenvalue weighted by molar-refractivity contribution is 6.01. The molecule has 0 radical (unpaired) electrons. The maximum Gasteiger partial charge on any atom is 0.187 e. The van der Waals surface area contributed by atoms with Gasteiger partial charge in [-0.15, -0.1) is 0 Å². The van der Waals surface area contributed by atoms with Crippen molar-refractivity contribution >= 4 is 5.69 Å². The van der Waals surface area contributed by atoms with Crippen molar-refractivity contribution in [3.63, 3.8) is 0 Å². The maximum atomic E-state index is 7.68. The molecule has 0 saturated heterocycles. The standard InChI is InChI=1S/C60H34N4/c1-61-37-34-32-36(33-35-37)56-62-57(44-22-14-30-52-54(44)42-20-6-12-28-50(42)59(52)46-24-8-2-16-38(46)39-17-3-9-25-47(39)59)64-58(63-56)45-23-15-31-53-55(45)43-21-7-13-29-51(43)60(53)48-26-10-4-18-40(48)41-19-5-11-27-49(41)60/h2-35H. The van der Waals surface area contributed by atoms with Gasteiger partial charge in [0.1, 0.15) is 0 Å². The van der Waals surface area contributed by atoms with E-state index in [9.17, 15) is 0 Å². The van der Waals surface area contributed by atoms with Crippen LogP contribution in [0.1, 0.15) is 44.5 Å². The Hall–Kier alpha value is -8.52. The van der Waals surface area contributed by atoms with E-state index in [0.717, 1.165) is 27.8 Å². The maximum absolute atomic E-state index is 7.68. The van der Waals surface area contributed by atoms with Gasteiger partial charge in [0.25, 0.3) is 0 Å². The molecule has 2 spiro atoms. The highest BCUT2D eigenvalue weighted by Gasteiger charge is 2.53. The molecule has 10 aromatic rings. The van der Waals surface area contributed by atoms with Crippen LogP contribution in [-0.2, 0) is 10.8 Å². The SMILES string of the molecule is [C-]#[N+]c1ccc(-c2nc(-c3cccc4c3-c3ccccc3C43c4ccccc4-c4ccccc43)nc(-c3cccc4c3-c3ccccc3C43c4ccccc4-c4ccccc43)n2)cc1. The Morgan fingerprint density at radius 2 is 0.578 bits per heavy atom. The topological polar surface area (TPSA) is 43.0 Å². The largest absolute Gasteiger partial charge is 0.238 e. The summed E-state index contributed by atoms with van der Waals surface area (Å²) in [5.74, 6) is 1.77. The number of rotatable bonds is 3. The Balaban J connectivity index is 1.05. The monoisotopic (exact) mass is 810 g/mol. The third-order valence-corrected chi connectivity index (χ3v) is 14.4. The third-order valence-electron chi connectivity index (χ3n) is 14.4. The molecule has 4 aliphatic carbocycles. The van der Waals surface area contributed by atoms with Gasteiger partial charge in [0.15, 0.2) is 23.2 Å². The van der Waals surface area contributed by atoms with Gasteiger partial charge >= 0.3 is 0 Å². The summed E-state index contributed by atoms with van der Waals surface area (Å²) in [4.78, 5) is 20.0. The molecule has 0 N–H and O–H groups in total. The molecule has 0 unspecified atom stereocenters. The molecule has 64 heavy (non-hydrogen) atoms. The van der Waals surface area contributed by atoms with Gasteiger partial charge in [-0.2, -0.15) is 0 Å². The predicted molar refractivity (Wildman–Crippen MR) is 255 cm³/mol. The van der Waals surface area contributed by atoms with Gasteiger partial charge in [0.05, 0.1) is 17.4 Å². The van der Waals surface area contributed by atoms with Crippen LogP contribution in [0, 0.1) is 6.57 Å². The molecule has 0 amide bonds. The molecule has 14 rings (SSSR count). The highest BCUT2D eigenvalue weighted by atomic mass is 15.0. The van der Waals surface area contributed by atoms with Crippen molar-refractivity contribution in [2.45, 2.75) is 10.8 Å². The lowest BCUT2D eigenvalue weighted by Crippen LogP contribution is -2.25. The van der Waals surface area contributed by atoms with E-state index in [1.165, 1.54) is 77.9 Å². The highest BCUT2D eigenvalue weighted by Crippen LogP contribution is 2.65. The van der Waals surface area contributed by atoms with E-state index in [0.29, 0.717) is 23.2 Å². The van der Waals surface area contributed by atoms with E-state index < -0.39 is 10.8 Å². The van der Waals surface area contributed by atoms with E-state index in [2.05, 4.69) is 187 Å². The predicted octanol–water partition coefficient (Wildman–Crippen LogP) is 14.1. The molecule has 294 valence electrons. The minimum atomic E-state index is -0.504. The fraction of sp³-hybridized carbons (Fsp3) is 0.0333. The minimum absolute atomic E-state index is 0.504. The number of hydrogen-bond donors (Lipinski definition) is 0. The zero-order valence-electron chi connectivity index (χ0n) is 34.4.